The maximum absolute atomic E-state index is 11.5. The number of aromatic carboxylic acids is 1. The summed E-state index contributed by atoms with van der Waals surface area (Å²) in [5, 5.41) is 36.8. The monoisotopic (exact) mass is 332 g/mol. The minimum atomic E-state index is -2.37. The molecule has 0 radical (unpaired) electrons. The van der Waals surface area contributed by atoms with E-state index in [-0.39, 0.29) is 16.7 Å². The summed E-state index contributed by atoms with van der Waals surface area (Å²) in [5.41, 5.74) is -2.64. The van der Waals surface area contributed by atoms with Crippen molar-refractivity contribution in [2.24, 2.45) is 5.41 Å². The van der Waals surface area contributed by atoms with E-state index in [9.17, 15) is 34.5 Å². The van der Waals surface area contributed by atoms with Gasteiger partial charge >= 0.3 is 23.9 Å². The molecule has 1 aliphatic rings. The first-order chi connectivity index (χ1) is 11.2. The average Bonchev–Trinajstić information content (AvgIpc) is 2.53. The molecule has 0 bridgehead atoms. The largest absolute Gasteiger partial charge is 0.480 e. The Bertz CT molecular complexity index is 801. The highest BCUT2D eigenvalue weighted by Gasteiger charge is 2.47. The first kappa shape index (κ1) is 16.9. The van der Waals surface area contributed by atoms with Gasteiger partial charge in [0.2, 0.25) is 0 Å². The molecule has 0 atom stereocenters. The van der Waals surface area contributed by atoms with Gasteiger partial charge in [0.1, 0.15) is 0 Å². The highest BCUT2D eigenvalue weighted by Crippen LogP contribution is 2.38. The summed E-state index contributed by atoms with van der Waals surface area (Å²) in [6.07, 6.45) is 1.41. The Kier molecular flexibility index (Phi) is 4.23. The molecule has 0 amide bonds. The predicted octanol–water partition coefficient (Wildman–Crippen LogP) is 1.34. The normalized spacial score (nSPS) is 15.8. The first-order valence-corrected chi connectivity index (χ1v) is 6.66. The van der Waals surface area contributed by atoms with Crippen LogP contribution in [-0.4, -0.2) is 44.3 Å². The third-order valence-electron chi connectivity index (χ3n) is 3.72. The van der Waals surface area contributed by atoms with E-state index in [2.05, 4.69) is 0 Å². The summed E-state index contributed by atoms with van der Waals surface area (Å²) >= 11 is 0. The molecule has 4 N–H and O–H groups in total. The minimum absolute atomic E-state index is 0.0729. The molecule has 0 aliphatic heterocycles. The summed E-state index contributed by atoms with van der Waals surface area (Å²) in [5.74, 6) is -6.07. The van der Waals surface area contributed by atoms with Crippen molar-refractivity contribution in [1.82, 2.24) is 0 Å². The molecule has 0 heterocycles. The Labute approximate surface area is 135 Å². The van der Waals surface area contributed by atoms with E-state index < -0.39 is 41.3 Å². The average molecular weight is 332 g/mol. The van der Waals surface area contributed by atoms with Crippen LogP contribution in [0, 0.1) is 5.41 Å². The molecule has 1 aliphatic carbocycles. The van der Waals surface area contributed by atoms with Crippen LogP contribution in [0.4, 0.5) is 0 Å². The van der Waals surface area contributed by atoms with Crippen LogP contribution in [0.2, 0.25) is 0 Å². The molecular weight excluding hydrogens is 320 g/mol. The number of carboxylic acid groups (broad SMARTS) is 4. The fraction of sp³-hybridized carbons (Fsp3) is 0.125. The number of hydrogen-bond acceptors (Lipinski definition) is 4. The fourth-order valence-electron chi connectivity index (χ4n) is 2.42. The van der Waals surface area contributed by atoms with Crippen molar-refractivity contribution in [2.75, 3.05) is 0 Å². The Morgan fingerprint density at radius 2 is 1.54 bits per heavy atom. The second-order valence-corrected chi connectivity index (χ2v) is 5.15. The van der Waals surface area contributed by atoms with Crippen LogP contribution in [0.15, 0.2) is 42.0 Å². The van der Waals surface area contributed by atoms with Crippen LogP contribution in [-0.2, 0) is 14.4 Å². The van der Waals surface area contributed by atoms with Crippen LogP contribution in [0.5, 0.6) is 0 Å². The van der Waals surface area contributed by atoms with Gasteiger partial charge in [0, 0.05) is 0 Å². The lowest BCUT2D eigenvalue weighted by Gasteiger charge is -2.26. The predicted molar refractivity (Wildman–Crippen MR) is 79.4 cm³/mol. The van der Waals surface area contributed by atoms with Crippen molar-refractivity contribution in [3.8, 4) is 0 Å². The van der Waals surface area contributed by atoms with Crippen LogP contribution in [0.1, 0.15) is 22.3 Å². The standard InChI is InChI=1S/C16H12O8/c17-12(18)9-3-1-2-8(6-9)10-4-5-16(14(21)22,15(23)24)7-11(10)13(19)20/h1-4,6-7H,5H2,(H,17,18)(H,19,20)(H,21,22)(H,23,24). The fourth-order valence-corrected chi connectivity index (χ4v) is 2.42. The maximum atomic E-state index is 11.5. The second-order valence-electron chi connectivity index (χ2n) is 5.15. The van der Waals surface area contributed by atoms with E-state index in [0.717, 1.165) is 0 Å². The third-order valence-corrected chi connectivity index (χ3v) is 3.72. The van der Waals surface area contributed by atoms with Gasteiger partial charge in [-0.1, -0.05) is 18.2 Å². The lowest BCUT2D eigenvalue weighted by atomic mass is 9.75. The molecule has 1 aromatic rings. The zero-order chi connectivity index (χ0) is 18.1. The Morgan fingerprint density at radius 3 is 2.04 bits per heavy atom. The zero-order valence-corrected chi connectivity index (χ0v) is 12.1. The second kappa shape index (κ2) is 5.99. The van der Waals surface area contributed by atoms with E-state index in [1.165, 1.54) is 30.3 Å². The molecule has 24 heavy (non-hydrogen) atoms. The minimum Gasteiger partial charge on any atom is -0.480 e. The smallest absolute Gasteiger partial charge is 0.336 e. The first-order valence-electron chi connectivity index (χ1n) is 6.66. The molecule has 0 spiro atoms. The SMILES string of the molecule is O=C(O)C1=CC(C(=O)O)(C(=O)O)CC=C1c1cccc(C(=O)O)c1. The molecule has 0 unspecified atom stereocenters. The van der Waals surface area contributed by atoms with Crippen molar-refractivity contribution in [2.45, 2.75) is 6.42 Å². The van der Waals surface area contributed by atoms with Gasteiger partial charge < -0.3 is 20.4 Å². The molecule has 0 saturated heterocycles. The van der Waals surface area contributed by atoms with E-state index in [4.69, 9.17) is 5.11 Å². The molecule has 8 nitrogen and oxygen atoms in total. The molecular formula is C16H12O8. The van der Waals surface area contributed by atoms with Gasteiger partial charge in [0.05, 0.1) is 11.1 Å². The number of carbonyl (C=O) groups is 4. The summed E-state index contributed by atoms with van der Waals surface area (Å²) < 4.78 is 0. The molecule has 0 saturated carbocycles. The van der Waals surface area contributed by atoms with Gasteiger partial charge in [0.15, 0.2) is 5.41 Å². The number of rotatable bonds is 5. The molecule has 2 rings (SSSR count). The summed E-state index contributed by atoms with van der Waals surface area (Å²) in [6, 6.07) is 5.43. The van der Waals surface area contributed by atoms with Gasteiger partial charge in [-0.3, -0.25) is 9.59 Å². The van der Waals surface area contributed by atoms with Crippen molar-refractivity contribution in [3.63, 3.8) is 0 Å². The summed E-state index contributed by atoms with van der Waals surface area (Å²) in [6.45, 7) is 0. The van der Waals surface area contributed by atoms with Crippen LogP contribution >= 0.6 is 0 Å². The lowest BCUT2D eigenvalue weighted by molar-refractivity contribution is -0.160. The van der Waals surface area contributed by atoms with E-state index in [1.54, 1.807) is 0 Å². The number of allylic oxidation sites excluding steroid dienone is 1. The van der Waals surface area contributed by atoms with Crippen molar-refractivity contribution in [1.29, 1.82) is 0 Å². The van der Waals surface area contributed by atoms with Crippen LogP contribution in [0.25, 0.3) is 5.57 Å². The Hall–Kier alpha value is -3.42. The topological polar surface area (TPSA) is 149 Å². The van der Waals surface area contributed by atoms with Crippen molar-refractivity contribution < 1.29 is 39.6 Å². The highest BCUT2D eigenvalue weighted by atomic mass is 16.4. The zero-order valence-electron chi connectivity index (χ0n) is 12.1. The van der Waals surface area contributed by atoms with Gasteiger partial charge in [-0.15, -0.1) is 0 Å². The summed E-state index contributed by atoms with van der Waals surface area (Å²) in [4.78, 5) is 45.2. The van der Waals surface area contributed by atoms with Crippen LogP contribution in [0.3, 0.4) is 0 Å². The Balaban J connectivity index is 2.60. The molecule has 0 aromatic heterocycles. The maximum Gasteiger partial charge on any atom is 0.336 e. The van der Waals surface area contributed by atoms with Crippen LogP contribution < -0.4 is 0 Å². The molecule has 1 aromatic carbocycles. The van der Waals surface area contributed by atoms with E-state index in [0.29, 0.717) is 6.08 Å². The van der Waals surface area contributed by atoms with Gasteiger partial charge in [-0.05, 0) is 35.8 Å². The lowest BCUT2D eigenvalue weighted by Crippen LogP contribution is -2.39. The van der Waals surface area contributed by atoms with Gasteiger partial charge in [-0.25, -0.2) is 9.59 Å². The number of carboxylic acids is 4. The number of benzene rings is 1. The van der Waals surface area contributed by atoms with Gasteiger partial charge in [-0.2, -0.15) is 0 Å². The number of hydrogen-bond donors (Lipinski definition) is 4. The van der Waals surface area contributed by atoms with Crippen molar-refractivity contribution >= 4 is 29.5 Å². The number of aliphatic carboxylic acids is 3. The van der Waals surface area contributed by atoms with Crippen molar-refractivity contribution in [3.05, 3.63) is 53.1 Å². The third kappa shape index (κ3) is 2.76. The molecule has 124 valence electrons. The van der Waals surface area contributed by atoms with E-state index >= 15 is 0 Å². The Morgan fingerprint density at radius 1 is 0.917 bits per heavy atom. The molecule has 8 heteroatoms. The summed E-state index contributed by atoms with van der Waals surface area (Å²) in [7, 11) is 0. The molecule has 0 fully saturated rings. The van der Waals surface area contributed by atoms with E-state index in [1.807, 2.05) is 0 Å². The highest BCUT2D eigenvalue weighted by molar-refractivity contribution is 6.11. The quantitative estimate of drug-likeness (QED) is 0.590. The van der Waals surface area contributed by atoms with Gasteiger partial charge in [0.25, 0.3) is 0 Å².